The van der Waals surface area contributed by atoms with Crippen LogP contribution in [0.3, 0.4) is 0 Å². The number of aromatic nitrogens is 3. The van der Waals surface area contributed by atoms with Crippen LogP contribution in [-0.4, -0.2) is 119 Å². The minimum Gasteiger partial charge on any atom is -0.346 e. The van der Waals surface area contributed by atoms with Gasteiger partial charge in [0.05, 0.1) is 19.8 Å². The van der Waals surface area contributed by atoms with Gasteiger partial charge in [0.25, 0.3) is 17.7 Å². The fourth-order valence-corrected chi connectivity index (χ4v) is 12.7. The van der Waals surface area contributed by atoms with Crippen LogP contribution in [0.4, 0.5) is 0 Å². The van der Waals surface area contributed by atoms with Crippen molar-refractivity contribution in [1.82, 2.24) is 46.1 Å². The van der Waals surface area contributed by atoms with Crippen LogP contribution in [0.5, 0.6) is 0 Å². The second kappa shape index (κ2) is 27.8. The van der Waals surface area contributed by atoms with Gasteiger partial charge < -0.3 is 16.0 Å². The molecule has 15 nitrogen and oxygen atoms in total. The van der Waals surface area contributed by atoms with Crippen molar-refractivity contribution in [2.45, 2.75) is 309 Å². The average Bonchev–Trinajstić information content (AvgIpc) is 3.26. The number of nitrogens with zero attached hydrogens (tertiary/aromatic N) is 6. The molecule has 0 spiro atoms. The minimum absolute atomic E-state index is 0.251. The molecule has 1 aromatic heterocycles. The summed E-state index contributed by atoms with van der Waals surface area (Å²) in [6.07, 6.45) is 25.1. The summed E-state index contributed by atoms with van der Waals surface area (Å²) in [6.45, 7) is 34.4. The van der Waals surface area contributed by atoms with Crippen molar-refractivity contribution in [3.05, 3.63) is 17.5 Å². The highest BCUT2D eigenvalue weighted by atomic mass is 16.7. The van der Waals surface area contributed by atoms with Gasteiger partial charge in [-0.05, 0) is 141 Å². The van der Waals surface area contributed by atoms with E-state index in [2.05, 4.69) is 150 Å². The van der Waals surface area contributed by atoms with Crippen LogP contribution in [0.25, 0.3) is 0 Å². The molecule has 0 aromatic carbocycles. The molecule has 0 saturated carbocycles. The van der Waals surface area contributed by atoms with E-state index in [4.69, 9.17) is 14.5 Å². The molecule has 15 heteroatoms. The fraction of sp³-hybridized carbons (Fsp3) is 0.895. The number of unbranched alkanes of at least 4 members (excludes halogenated alkanes) is 15. The number of rotatable bonds is 30. The van der Waals surface area contributed by atoms with E-state index in [1.165, 1.54) is 77.0 Å². The third kappa shape index (κ3) is 18.5. The summed E-state index contributed by atoms with van der Waals surface area (Å²) in [6, 6.07) is -0.754. The predicted octanol–water partition coefficient (Wildman–Crippen LogP) is 12.0. The number of carbonyl (C=O) groups is 3. The van der Waals surface area contributed by atoms with Gasteiger partial charge in [0, 0.05) is 51.4 Å². The zero-order valence-corrected chi connectivity index (χ0v) is 48.5. The zero-order valence-electron chi connectivity index (χ0n) is 48.5. The van der Waals surface area contributed by atoms with Crippen LogP contribution in [0.2, 0.25) is 0 Å². The number of hydroxylamine groups is 6. The number of hydrogen-bond acceptors (Lipinski definition) is 12. The van der Waals surface area contributed by atoms with Gasteiger partial charge in [-0.3, -0.25) is 28.9 Å². The smallest absolute Gasteiger partial charge is 0.289 e. The molecule has 0 aliphatic carbocycles. The second-order valence-electron chi connectivity index (χ2n) is 25.6. The molecule has 414 valence electrons. The summed E-state index contributed by atoms with van der Waals surface area (Å²) >= 11 is 0. The van der Waals surface area contributed by atoms with Crippen LogP contribution < -0.4 is 16.0 Å². The quantitative estimate of drug-likeness (QED) is 0.0626. The van der Waals surface area contributed by atoms with Crippen molar-refractivity contribution in [1.29, 1.82) is 0 Å². The van der Waals surface area contributed by atoms with E-state index in [1.54, 1.807) is 0 Å². The van der Waals surface area contributed by atoms with Crippen LogP contribution in [0, 0.1) is 0 Å². The summed E-state index contributed by atoms with van der Waals surface area (Å²) in [5, 5.41) is 16.0. The highest BCUT2D eigenvalue weighted by Crippen LogP contribution is 2.41. The maximum absolute atomic E-state index is 14.4. The Labute approximate surface area is 437 Å². The van der Waals surface area contributed by atoms with Gasteiger partial charge in [0.15, 0.2) is 0 Å². The van der Waals surface area contributed by atoms with Crippen LogP contribution >= 0.6 is 0 Å². The number of nitrogens with one attached hydrogen (secondary N) is 3. The van der Waals surface area contributed by atoms with Crippen molar-refractivity contribution >= 4 is 17.7 Å². The molecule has 3 aliphatic rings. The van der Waals surface area contributed by atoms with Gasteiger partial charge in [0.2, 0.25) is 17.5 Å². The summed E-state index contributed by atoms with van der Waals surface area (Å²) in [4.78, 5) is 76.2. The molecule has 3 saturated heterocycles. The predicted molar refractivity (Wildman–Crippen MR) is 289 cm³/mol. The van der Waals surface area contributed by atoms with E-state index in [-0.39, 0.29) is 35.6 Å². The van der Waals surface area contributed by atoms with Gasteiger partial charge in [-0.1, -0.05) is 117 Å². The van der Waals surface area contributed by atoms with Crippen LogP contribution in [0.15, 0.2) is 0 Å². The average molecular weight is 1010 g/mol. The summed E-state index contributed by atoms with van der Waals surface area (Å²) in [5.74, 6) is -2.49. The normalized spacial score (nSPS) is 21.4. The first-order valence-corrected chi connectivity index (χ1v) is 28.8. The Kier molecular flexibility index (Phi) is 23.8. The van der Waals surface area contributed by atoms with E-state index >= 15 is 0 Å². The molecule has 3 N–H and O–H groups in total. The summed E-state index contributed by atoms with van der Waals surface area (Å²) in [5.41, 5.74) is -2.39. The monoisotopic (exact) mass is 1010 g/mol. The summed E-state index contributed by atoms with van der Waals surface area (Å²) < 4.78 is 0. The second-order valence-corrected chi connectivity index (χ2v) is 25.6. The maximum atomic E-state index is 14.4. The van der Waals surface area contributed by atoms with Gasteiger partial charge >= 0.3 is 0 Å². The minimum atomic E-state index is -0.560. The fourth-order valence-electron chi connectivity index (χ4n) is 12.7. The Balaban J connectivity index is 1.53. The van der Waals surface area contributed by atoms with Crippen molar-refractivity contribution in [2.24, 2.45) is 0 Å². The number of piperidine rings is 3. The third-order valence-electron chi connectivity index (χ3n) is 15.2. The molecule has 0 bridgehead atoms. The molecule has 3 fully saturated rings. The molecule has 4 heterocycles. The van der Waals surface area contributed by atoms with Gasteiger partial charge in [-0.25, -0.2) is 0 Å². The lowest BCUT2D eigenvalue weighted by atomic mass is 9.79. The number of hydrogen-bond donors (Lipinski definition) is 3. The van der Waals surface area contributed by atoms with Crippen molar-refractivity contribution in [3.63, 3.8) is 0 Å². The molecule has 0 radical (unpaired) electrons. The van der Waals surface area contributed by atoms with E-state index in [0.717, 1.165) is 38.5 Å². The Bertz CT molecular complexity index is 1560. The van der Waals surface area contributed by atoms with Crippen LogP contribution in [0.1, 0.15) is 290 Å². The lowest BCUT2D eigenvalue weighted by Gasteiger charge is -2.53. The highest BCUT2D eigenvalue weighted by molar-refractivity contribution is 5.97. The number of carbonyl (C=O) groups excluding carboxylic acids is 3. The topological polar surface area (TPSA) is 163 Å². The Hall–Kier alpha value is -2.82. The molecule has 72 heavy (non-hydrogen) atoms. The van der Waals surface area contributed by atoms with Crippen molar-refractivity contribution < 1.29 is 28.9 Å². The van der Waals surface area contributed by atoms with Crippen molar-refractivity contribution in [3.8, 4) is 0 Å². The molecule has 1 aromatic rings. The molecular weight excluding hydrogens is 907 g/mol. The first-order valence-electron chi connectivity index (χ1n) is 28.8. The standard InChI is InChI=1S/C57H105N9O6/c1-16-19-22-25-28-31-34-70-64-52(4,5)37-43(38-53(64,6)7)58-49(67)46-61-47(50(68)59-44-39-54(8,9)65(55(10,11)40-44)71-35-32-29-26-23-20-17-2)63-48(62-46)51(69)60-45-41-56(12,13)66(57(14,15)42-45)72-36-33-30-27-24-21-18-3/h43-45H,16-42H2,1-15H3,(H,58,67)(H,59,68)(H,60,69). The molecule has 3 amide bonds. The maximum Gasteiger partial charge on any atom is 0.289 e. The summed E-state index contributed by atoms with van der Waals surface area (Å²) in [7, 11) is 0. The van der Waals surface area contributed by atoms with Gasteiger partial charge in [0.1, 0.15) is 0 Å². The zero-order chi connectivity index (χ0) is 53.4. The molecule has 3 aliphatic heterocycles. The number of amides is 3. The SMILES string of the molecule is CCCCCCCCON1C(C)(C)CC(NC(=O)c2nc(C(=O)NC3CC(C)(C)N(OCCCCCCCC)C(C)(C)C3)nc(C(=O)NC3CC(C)(C)N(OCCCCCCCC)C(C)(C)C3)n2)CC1(C)C. The first kappa shape index (κ1) is 61.7. The molecule has 4 rings (SSSR count). The largest absolute Gasteiger partial charge is 0.346 e. The Morgan fingerprint density at radius 1 is 0.375 bits per heavy atom. The van der Waals surface area contributed by atoms with E-state index in [1.807, 2.05) is 0 Å². The van der Waals surface area contributed by atoms with Gasteiger partial charge in [-0.2, -0.15) is 30.1 Å². The molecule has 0 unspecified atom stereocenters. The van der Waals surface area contributed by atoms with E-state index in [9.17, 15) is 14.4 Å². The molecule has 0 atom stereocenters. The molecular formula is C57H105N9O6. The first-order chi connectivity index (χ1) is 33.8. The lowest BCUT2D eigenvalue weighted by Crippen LogP contribution is -2.64. The van der Waals surface area contributed by atoms with E-state index < -0.39 is 51.0 Å². The van der Waals surface area contributed by atoms with Gasteiger partial charge in [-0.15, -0.1) is 0 Å². The van der Waals surface area contributed by atoms with Crippen molar-refractivity contribution in [2.75, 3.05) is 19.8 Å². The Morgan fingerprint density at radius 2 is 0.569 bits per heavy atom. The lowest BCUT2D eigenvalue weighted by molar-refractivity contribution is -0.284. The van der Waals surface area contributed by atoms with E-state index in [0.29, 0.717) is 58.3 Å². The Morgan fingerprint density at radius 3 is 0.778 bits per heavy atom. The highest BCUT2D eigenvalue weighted by Gasteiger charge is 2.50. The third-order valence-corrected chi connectivity index (χ3v) is 15.2. The van der Waals surface area contributed by atoms with Crippen LogP contribution in [-0.2, 0) is 14.5 Å².